The molecule has 0 spiro atoms. The second-order valence-electron chi connectivity index (χ2n) is 5.04. The fourth-order valence-corrected chi connectivity index (χ4v) is 2.50. The minimum Gasteiger partial charge on any atom is -0.324 e. The van der Waals surface area contributed by atoms with Gasteiger partial charge in [-0.2, -0.15) is 0 Å². The highest BCUT2D eigenvalue weighted by molar-refractivity contribution is 6.34. The van der Waals surface area contributed by atoms with Crippen LogP contribution in [0.25, 0.3) is 0 Å². The average molecular weight is 317 g/mol. The molecule has 0 saturated carbocycles. The summed E-state index contributed by atoms with van der Waals surface area (Å²) in [6.07, 6.45) is 2.65. The number of nitrogens with one attached hydrogen (secondary N) is 1. The van der Waals surface area contributed by atoms with Crippen LogP contribution in [0.4, 0.5) is 11.4 Å². The molecule has 0 radical (unpaired) electrons. The highest BCUT2D eigenvalue weighted by Crippen LogP contribution is 2.31. The van der Waals surface area contributed by atoms with E-state index in [-0.39, 0.29) is 35.0 Å². The summed E-state index contributed by atoms with van der Waals surface area (Å²) in [5.74, 6) is -0.836. The number of hydrogen-bond donors (Lipinski definition) is 1. The fraction of sp³-hybridized carbons (Fsp3) is 0.200. The van der Waals surface area contributed by atoms with E-state index >= 15 is 0 Å². The molecule has 7 heteroatoms. The molecule has 0 bridgehead atoms. The van der Waals surface area contributed by atoms with E-state index in [1.165, 1.54) is 17.4 Å². The molecule has 1 aromatic heterocycles. The van der Waals surface area contributed by atoms with Gasteiger partial charge in [-0.3, -0.25) is 9.59 Å². The van der Waals surface area contributed by atoms with E-state index in [4.69, 9.17) is 11.6 Å². The predicted molar refractivity (Wildman–Crippen MR) is 83.0 cm³/mol. The van der Waals surface area contributed by atoms with Crippen LogP contribution in [0.5, 0.6) is 0 Å². The smallest absolute Gasteiger partial charge is 0.278 e. The maximum atomic E-state index is 12.8. The molecule has 0 aliphatic carbocycles. The number of halogens is 1. The molecule has 1 aromatic carbocycles. The van der Waals surface area contributed by atoms with Crippen LogP contribution >= 0.6 is 11.6 Å². The standard InChI is InChI=1S/C15H13ClN4O2/c1-9-7-20(15(22)13-10(16)6-17-8-18-13)12-5-3-2-4-11(12)19-14(9)21/h2-6,8-9H,7H2,1H3,(H,19,21)/t9-/m1/s1. The van der Waals surface area contributed by atoms with Crippen molar-refractivity contribution in [2.45, 2.75) is 6.92 Å². The van der Waals surface area contributed by atoms with Crippen molar-refractivity contribution in [3.05, 3.63) is 47.5 Å². The first kappa shape index (κ1) is 14.5. The van der Waals surface area contributed by atoms with Crippen molar-refractivity contribution in [3.63, 3.8) is 0 Å². The van der Waals surface area contributed by atoms with Crippen molar-refractivity contribution in [3.8, 4) is 0 Å². The zero-order valence-corrected chi connectivity index (χ0v) is 12.5. The quantitative estimate of drug-likeness (QED) is 0.876. The van der Waals surface area contributed by atoms with E-state index < -0.39 is 0 Å². The van der Waals surface area contributed by atoms with E-state index in [0.29, 0.717) is 11.4 Å². The van der Waals surface area contributed by atoms with Crippen molar-refractivity contribution in [2.24, 2.45) is 5.92 Å². The minimum absolute atomic E-state index is 0.119. The Morgan fingerprint density at radius 1 is 1.41 bits per heavy atom. The van der Waals surface area contributed by atoms with Crippen molar-refractivity contribution in [2.75, 3.05) is 16.8 Å². The van der Waals surface area contributed by atoms with Gasteiger partial charge in [-0.1, -0.05) is 30.7 Å². The van der Waals surface area contributed by atoms with Gasteiger partial charge in [-0.25, -0.2) is 9.97 Å². The summed E-state index contributed by atoms with van der Waals surface area (Å²) >= 11 is 6.02. The van der Waals surface area contributed by atoms with E-state index in [2.05, 4.69) is 15.3 Å². The first-order chi connectivity index (χ1) is 10.6. The monoisotopic (exact) mass is 316 g/mol. The van der Waals surface area contributed by atoms with Crippen molar-refractivity contribution < 1.29 is 9.59 Å². The SMILES string of the molecule is C[C@@H]1CN(C(=O)c2ncncc2Cl)c2ccccc2NC1=O. The lowest BCUT2D eigenvalue weighted by Crippen LogP contribution is -2.36. The van der Waals surface area contributed by atoms with Gasteiger partial charge in [-0.05, 0) is 12.1 Å². The van der Waals surface area contributed by atoms with Gasteiger partial charge in [0.2, 0.25) is 5.91 Å². The minimum atomic E-state index is -0.358. The largest absolute Gasteiger partial charge is 0.324 e. The zero-order chi connectivity index (χ0) is 15.7. The number of aromatic nitrogens is 2. The Bertz CT molecular complexity index is 750. The van der Waals surface area contributed by atoms with Gasteiger partial charge in [0.1, 0.15) is 6.33 Å². The molecule has 1 N–H and O–H groups in total. The molecule has 2 heterocycles. The number of carbonyl (C=O) groups is 2. The average Bonchev–Trinajstić information content (AvgIpc) is 2.64. The first-order valence-corrected chi connectivity index (χ1v) is 7.13. The highest BCUT2D eigenvalue weighted by Gasteiger charge is 2.30. The Labute approximate surface area is 132 Å². The van der Waals surface area contributed by atoms with Crippen LogP contribution < -0.4 is 10.2 Å². The molecule has 22 heavy (non-hydrogen) atoms. The highest BCUT2D eigenvalue weighted by atomic mass is 35.5. The molecule has 3 rings (SSSR count). The van der Waals surface area contributed by atoms with Crippen LogP contribution in [0.2, 0.25) is 5.02 Å². The van der Waals surface area contributed by atoms with Crippen LogP contribution in [0.3, 0.4) is 0 Å². The van der Waals surface area contributed by atoms with Crippen LogP contribution in [-0.4, -0.2) is 28.3 Å². The summed E-state index contributed by atoms with van der Waals surface area (Å²) in [4.78, 5) is 34.1. The van der Waals surface area contributed by atoms with E-state index in [9.17, 15) is 9.59 Å². The van der Waals surface area contributed by atoms with Gasteiger partial charge in [0.15, 0.2) is 5.69 Å². The summed E-state index contributed by atoms with van der Waals surface area (Å²) in [6, 6.07) is 7.14. The maximum Gasteiger partial charge on any atom is 0.278 e. The Morgan fingerprint density at radius 2 is 2.18 bits per heavy atom. The summed E-state index contributed by atoms with van der Waals surface area (Å²) in [5, 5.41) is 3.01. The number of benzene rings is 1. The number of nitrogens with zero attached hydrogens (tertiary/aromatic N) is 3. The van der Waals surface area contributed by atoms with Crippen LogP contribution in [-0.2, 0) is 4.79 Å². The zero-order valence-electron chi connectivity index (χ0n) is 11.8. The number of para-hydroxylation sites is 2. The number of amides is 2. The lowest BCUT2D eigenvalue weighted by atomic mass is 10.1. The summed E-state index contributed by atoms with van der Waals surface area (Å²) in [6.45, 7) is 2.02. The Kier molecular flexibility index (Phi) is 3.77. The number of rotatable bonds is 1. The van der Waals surface area contributed by atoms with Gasteiger partial charge in [0.25, 0.3) is 5.91 Å². The van der Waals surface area contributed by atoms with Crippen LogP contribution in [0.1, 0.15) is 17.4 Å². The topological polar surface area (TPSA) is 75.2 Å². The lowest BCUT2D eigenvalue weighted by molar-refractivity contribution is -0.119. The number of fused-ring (bicyclic) bond motifs is 1. The number of hydrogen-bond acceptors (Lipinski definition) is 4. The third-order valence-electron chi connectivity index (χ3n) is 3.47. The molecule has 2 aromatic rings. The van der Waals surface area contributed by atoms with Crippen LogP contribution in [0.15, 0.2) is 36.8 Å². The van der Waals surface area contributed by atoms with E-state index in [0.717, 1.165) is 0 Å². The molecule has 1 aliphatic rings. The molecular formula is C15H13ClN4O2. The van der Waals surface area contributed by atoms with Gasteiger partial charge >= 0.3 is 0 Å². The molecule has 112 valence electrons. The second kappa shape index (κ2) is 5.73. The molecule has 0 fully saturated rings. The van der Waals surface area contributed by atoms with Gasteiger partial charge < -0.3 is 10.2 Å². The van der Waals surface area contributed by atoms with Crippen molar-refractivity contribution in [1.82, 2.24) is 9.97 Å². The normalized spacial score (nSPS) is 17.5. The predicted octanol–water partition coefficient (Wildman–Crippen LogP) is 2.36. The summed E-state index contributed by atoms with van der Waals surface area (Å²) in [5.41, 5.74) is 1.34. The molecule has 2 amide bonds. The molecule has 1 atom stereocenters. The van der Waals surface area contributed by atoms with Crippen LogP contribution in [0, 0.1) is 5.92 Å². The number of carbonyl (C=O) groups excluding carboxylic acids is 2. The van der Waals surface area contributed by atoms with Gasteiger partial charge in [-0.15, -0.1) is 0 Å². The molecular weight excluding hydrogens is 304 g/mol. The number of anilines is 2. The van der Waals surface area contributed by atoms with E-state index in [1.54, 1.807) is 25.1 Å². The fourth-order valence-electron chi connectivity index (χ4n) is 2.32. The Hall–Kier alpha value is -2.47. The third kappa shape index (κ3) is 2.53. The molecule has 0 unspecified atom stereocenters. The first-order valence-electron chi connectivity index (χ1n) is 6.75. The second-order valence-corrected chi connectivity index (χ2v) is 5.45. The molecule has 1 aliphatic heterocycles. The summed E-state index contributed by atoms with van der Waals surface area (Å²) < 4.78 is 0. The van der Waals surface area contributed by atoms with E-state index in [1.807, 2.05) is 6.07 Å². The van der Waals surface area contributed by atoms with Gasteiger partial charge in [0, 0.05) is 12.7 Å². The third-order valence-corrected chi connectivity index (χ3v) is 3.75. The van der Waals surface area contributed by atoms with Gasteiger partial charge in [0.05, 0.1) is 22.3 Å². The Morgan fingerprint density at radius 3 is 2.95 bits per heavy atom. The summed E-state index contributed by atoms with van der Waals surface area (Å²) in [7, 11) is 0. The maximum absolute atomic E-state index is 12.8. The van der Waals surface area contributed by atoms with Crippen molar-refractivity contribution in [1.29, 1.82) is 0 Å². The lowest BCUT2D eigenvalue weighted by Gasteiger charge is -2.23. The Balaban J connectivity index is 2.07. The molecule has 0 saturated heterocycles. The van der Waals surface area contributed by atoms with Crippen molar-refractivity contribution >= 4 is 34.8 Å². The molecule has 6 nitrogen and oxygen atoms in total.